The highest BCUT2D eigenvalue weighted by atomic mass is 79.9. The Bertz CT molecular complexity index is 1010. The van der Waals surface area contributed by atoms with Crippen LogP contribution in [-0.4, -0.2) is 50.0 Å². The minimum Gasteiger partial charge on any atom is -0.394 e. The van der Waals surface area contributed by atoms with E-state index in [0.717, 1.165) is 15.7 Å². The van der Waals surface area contributed by atoms with Crippen LogP contribution in [0.1, 0.15) is 21.7 Å². The molecule has 0 saturated carbocycles. The Morgan fingerprint density at radius 1 is 1.29 bits per heavy atom. The maximum Gasteiger partial charge on any atom is 0.278 e. The maximum absolute atomic E-state index is 12.7. The Kier molecular flexibility index (Phi) is 6.25. The third-order valence-corrected chi connectivity index (χ3v) is 4.56. The van der Waals surface area contributed by atoms with Crippen LogP contribution in [-0.2, 0) is 4.84 Å². The van der Waals surface area contributed by atoms with Crippen LogP contribution in [0.3, 0.4) is 0 Å². The van der Waals surface area contributed by atoms with E-state index in [9.17, 15) is 9.90 Å². The number of halogens is 1. The number of hydrogen-bond acceptors (Lipinski definition) is 7. The monoisotopic (exact) mass is 449 g/mol. The van der Waals surface area contributed by atoms with Gasteiger partial charge in [0.2, 0.25) is 0 Å². The number of carbonyl (C=O) groups excluding carboxylic acids is 1. The number of rotatable bonds is 7. The van der Waals surface area contributed by atoms with Crippen molar-refractivity contribution in [1.82, 2.24) is 20.1 Å². The number of aromatic nitrogens is 3. The van der Waals surface area contributed by atoms with E-state index in [1.165, 1.54) is 0 Å². The summed E-state index contributed by atoms with van der Waals surface area (Å²) >= 11 is 3.43. The second-order valence-corrected chi connectivity index (χ2v) is 7.15. The number of hydroxylamine groups is 1. The van der Waals surface area contributed by atoms with Gasteiger partial charge in [-0.15, -0.1) is 10.2 Å². The lowest BCUT2D eigenvalue weighted by Crippen LogP contribution is -2.30. The normalized spacial score (nSPS) is 12.2. The van der Waals surface area contributed by atoms with Crippen molar-refractivity contribution in [2.75, 3.05) is 18.5 Å². The van der Waals surface area contributed by atoms with E-state index in [0.29, 0.717) is 22.7 Å². The highest BCUT2D eigenvalue weighted by Gasteiger charge is 2.17. The molecule has 0 fully saturated rings. The number of aliphatic hydroxyl groups excluding tert-OH is 2. The molecular weight excluding hydrogens is 430 g/mol. The molecule has 28 heavy (non-hydrogen) atoms. The van der Waals surface area contributed by atoms with Crippen molar-refractivity contribution in [3.05, 3.63) is 51.9 Å². The van der Waals surface area contributed by atoms with Gasteiger partial charge in [0.25, 0.3) is 5.91 Å². The van der Waals surface area contributed by atoms with Gasteiger partial charge in [0.15, 0.2) is 5.65 Å². The van der Waals surface area contributed by atoms with Crippen LogP contribution in [0.15, 0.2) is 34.9 Å². The minimum atomic E-state index is -1.08. The van der Waals surface area contributed by atoms with Crippen LogP contribution in [0.25, 0.3) is 5.65 Å². The number of pyridine rings is 1. The van der Waals surface area contributed by atoms with E-state index in [1.54, 1.807) is 23.6 Å². The number of benzene rings is 1. The number of anilines is 2. The van der Waals surface area contributed by atoms with E-state index >= 15 is 0 Å². The molecule has 0 aliphatic carbocycles. The first-order valence-electron chi connectivity index (χ1n) is 8.48. The van der Waals surface area contributed by atoms with Gasteiger partial charge < -0.3 is 15.5 Å². The summed E-state index contributed by atoms with van der Waals surface area (Å²) in [6.07, 6.45) is 0.536. The first-order valence-corrected chi connectivity index (χ1v) is 9.28. The molecule has 0 unspecified atom stereocenters. The SMILES string of the molecule is Cc1cc(Br)ccc1Nc1cc2nnc(C)n2cc1C(=O)NOC[C@H](O)CO. The van der Waals surface area contributed by atoms with Crippen molar-refractivity contribution in [2.45, 2.75) is 20.0 Å². The van der Waals surface area contributed by atoms with Gasteiger partial charge in [0.05, 0.1) is 17.9 Å². The number of nitrogens with zero attached hydrogens (tertiary/aromatic N) is 3. The second-order valence-electron chi connectivity index (χ2n) is 6.24. The predicted molar refractivity (Wildman–Crippen MR) is 106 cm³/mol. The molecule has 0 bridgehead atoms. The Hall–Kier alpha value is -2.53. The average Bonchev–Trinajstić information content (AvgIpc) is 3.03. The van der Waals surface area contributed by atoms with Gasteiger partial charge in [-0.1, -0.05) is 15.9 Å². The van der Waals surface area contributed by atoms with E-state index in [-0.39, 0.29) is 6.61 Å². The van der Waals surface area contributed by atoms with Gasteiger partial charge in [-0.05, 0) is 37.6 Å². The fraction of sp³-hybridized carbons (Fsp3) is 0.278. The predicted octanol–water partition coefficient (Wildman–Crippen LogP) is 1.87. The van der Waals surface area contributed by atoms with Crippen LogP contribution in [0.2, 0.25) is 0 Å². The zero-order chi connectivity index (χ0) is 20.3. The van der Waals surface area contributed by atoms with Gasteiger partial charge in [0, 0.05) is 22.4 Å². The zero-order valence-electron chi connectivity index (χ0n) is 15.3. The molecule has 4 N–H and O–H groups in total. The Balaban J connectivity index is 1.93. The van der Waals surface area contributed by atoms with Crippen molar-refractivity contribution in [3.63, 3.8) is 0 Å². The van der Waals surface area contributed by atoms with Crippen LogP contribution >= 0.6 is 15.9 Å². The summed E-state index contributed by atoms with van der Waals surface area (Å²) in [7, 11) is 0. The highest BCUT2D eigenvalue weighted by molar-refractivity contribution is 9.10. The summed E-state index contributed by atoms with van der Waals surface area (Å²) in [6.45, 7) is 3.04. The number of amides is 1. The van der Waals surface area contributed by atoms with Crippen molar-refractivity contribution >= 4 is 38.9 Å². The first-order chi connectivity index (χ1) is 13.4. The van der Waals surface area contributed by atoms with E-state index in [4.69, 9.17) is 9.94 Å². The lowest BCUT2D eigenvalue weighted by Gasteiger charge is -2.15. The molecule has 3 aromatic rings. The van der Waals surface area contributed by atoms with E-state index in [2.05, 4.69) is 36.9 Å². The van der Waals surface area contributed by atoms with Crippen LogP contribution < -0.4 is 10.8 Å². The molecule has 0 aliphatic heterocycles. The molecule has 0 saturated heterocycles. The topological polar surface area (TPSA) is 121 Å². The molecular formula is C18H20BrN5O4. The van der Waals surface area contributed by atoms with E-state index < -0.39 is 18.6 Å². The molecule has 3 rings (SSSR count). The smallest absolute Gasteiger partial charge is 0.278 e. The summed E-state index contributed by atoms with van der Waals surface area (Å²) in [5.74, 6) is 0.115. The number of aryl methyl sites for hydroxylation is 2. The quantitative estimate of drug-likeness (QED) is 0.406. The third-order valence-electron chi connectivity index (χ3n) is 4.07. The van der Waals surface area contributed by atoms with Gasteiger partial charge in [-0.25, -0.2) is 5.48 Å². The number of aliphatic hydroxyl groups is 2. The highest BCUT2D eigenvalue weighted by Crippen LogP contribution is 2.27. The van der Waals surface area contributed by atoms with Gasteiger partial charge in [-0.2, -0.15) is 0 Å². The summed E-state index contributed by atoms with van der Waals surface area (Å²) in [4.78, 5) is 17.6. The Morgan fingerprint density at radius 3 is 2.79 bits per heavy atom. The summed E-state index contributed by atoms with van der Waals surface area (Å²) in [6, 6.07) is 7.48. The Labute approximate surface area is 169 Å². The molecule has 148 valence electrons. The fourth-order valence-corrected chi connectivity index (χ4v) is 3.03. The standard InChI is InChI=1S/C18H20BrN5O4/c1-10-5-12(19)3-4-15(10)20-16-6-17-22-21-11(2)24(17)7-14(16)18(27)23-28-9-13(26)8-25/h3-7,13,20,25-26H,8-9H2,1-2H3,(H,23,27)/t13-/m1/s1. The lowest BCUT2D eigenvalue weighted by atomic mass is 10.1. The molecule has 1 amide bonds. The van der Waals surface area contributed by atoms with Crippen molar-refractivity contribution in [1.29, 1.82) is 0 Å². The largest absolute Gasteiger partial charge is 0.394 e. The van der Waals surface area contributed by atoms with Crippen LogP contribution in [0.4, 0.5) is 11.4 Å². The molecule has 9 nitrogen and oxygen atoms in total. The van der Waals surface area contributed by atoms with Crippen molar-refractivity contribution in [3.8, 4) is 0 Å². The second kappa shape index (κ2) is 8.65. The third kappa shape index (κ3) is 4.47. The number of fused-ring (bicyclic) bond motifs is 1. The van der Waals surface area contributed by atoms with Gasteiger partial charge in [0.1, 0.15) is 18.5 Å². The van der Waals surface area contributed by atoms with Gasteiger partial charge in [-0.3, -0.25) is 14.0 Å². The fourth-order valence-electron chi connectivity index (χ4n) is 2.56. The van der Waals surface area contributed by atoms with Crippen LogP contribution in [0, 0.1) is 13.8 Å². The lowest BCUT2D eigenvalue weighted by molar-refractivity contribution is -0.0295. The number of nitrogens with one attached hydrogen (secondary N) is 2. The molecule has 1 aromatic carbocycles. The summed E-state index contributed by atoms with van der Waals surface area (Å²) in [5.41, 5.74) is 5.50. The number of carbonyl (C=O) groups is 1. The number of hydrogen-bond donors (Lipinski definition) is 4. The zero-order valence-corrected chi connectivity index (χ0v) is 16.9. The molecule has 2 heterocycles. The molecule has 1 atom stereocenters. The molecule has 0 spiro atoms. The van der Waals surface area contributed by atoms with E-state index in [1.807, 2.05) is 25.1 Å². The van der Waals surface area contributed by atoms with Crippen molar-refractivity contribution < 1.29 is 19.8 Å². The molecule has 10 heteroatoms. The molecule has 0 radical (unpaired) electrons. The first kappa shape index (κ1) is 20.2. The summed E-state index contributed by atoms with van der Waals surface area (Å²) < 4.78 is 2.64. The Morgan fingerprint density at radius 2 is 2.07 bits per heavy atom. The van der Waals surface area contributed by atoms with Crippen molar-refractivity contribution in [2.24, 2.45) is 0 Å². The average molecular weight is 450 g/mol. The summed E-state index contributed by atoms with van der Waals surface area (Å²) in [5, 5.41) is 29.5. The minimum absolute atomic E-state index is 0.231. The van der Waals surface area contributed by atoms with Gasteiger partial charge >= 0.3 is 0 Å². The maximum atomic E-state index is 12.7. The molecule has 2 aromatic heterocycles. The van der Waals surface area contributed by atoms with Crippen LogP contribution in [0.5, 0.6) is 0 Å². The molecule has 0 aliphatic rings.